The van der Waals surface area contributed by atoms with Crippen LogP contribution in [-0.2, 0) is 9.59 Å². The Balaban J connectivity index is 1.83. The van der Waals surface area contributed by atoms with E-state index in [1.165, 1.54) is 12.1 Å². The van der Waals surface area contributed by atoms with E-state index >= 15 is 0 Å². The zero-order chi connectivity index (χ0) is 19.6. The minimum absolute atomic E-state index is 0.0744. The second kappa shape index (κ2) is 7.50. The lowest BCUT2D eigenvalue weighted by molar-refractivity contribution is -0.153. The molecule has 0 fully saturated rings. The number of hydrogen-bond donors (Lipinski definition) is 2. The number of carbonyl (C=O) groups excluding carboxylic acids is 2. The molecule has 9 heteroatoms. The zero-order valence-corrected chi connectivity index (χ0v) is 14.7. The minimum Gasteiger partial charge on any atom is -0.484 e. The molecule has 2 amide bonds. The summed E-state index contributed by atoms with van der Waals surface area (Å²) in [5, 5.41) is 5.90. The van der Waals surface area contributed by atoms with E-state index in [4.69, 9.17) is 4.74 Å². The van der Waals surface area contributed by atoms with E-state index < -0.39 is 12.8 Å². The Bertz CT molecular complexity index is 759. The van der Waals surface area contributed by atoms with Crippen LogP contribution in [0, 0.1) is 0 Å². The summed E-state index contributed by atoms with van der Waals surface area (Å²) in [5.41, 5.74) is 1.05. The molecule has 6 nitrogen and oxygen atoms in total. The highest BCUT2D eigenvalue weighted by molar-refractivity contribution is 6.08. The second-order valence-electron chi connectivity index (χ2n) is 6.42. The molecule has 27 heavy (non-hydrogen) atoms. The van der Waals surface area contributed by atoms with E-state index in [0.29, 0.717) is 29.9 Å². The Labute approximate surface area is 154 Å². The van der Waals surface area contributed by atoms with E-state index in [0.717, 1.165) is 6.42 Å². The smallest absolute Gasteiger partial charge is 0.422 e. The van der Waals surface area contributed by atoms with Gasteiger partial charge < -0.3 is 15.4 Å². The van der Waals surface area contributed by atoms with Gasteiger partial charge in [0.1, 0.15) is 17.7 Å². The normalized spacial score (nSPS) is 20.1. The summed E-state index contributed by atoms with van der Waals surface area (Å²) in [6.45, 7) is 0.604. The molecule has 3 rings (SSSR count). The van der Waals surface area contributed by atoms with Gasteiger partial charge in [0.2, 0.25) is 5.91 Å². The average molecular weight is 383 g/mol. The van der Waals surface area contributed by atoms with Crippen LogP contribution in [-0.4, -0.2) is 30.8 Å². The quantitative estimate of drug-likeness (QED) is 0.820. The summed E-state index contributed by atoms with van der Waals surface area (Å²) in [6, 6.07) is 5.93. The number of nitrogens with zero attached hydrogens (tertiary/aromatic N) is 1. The lowest BCUT2D eigenvalue weighted by Gasteiger charge is -2.40. The van der Waals surface area contributed by atoms with E-state index in [9.17, 15) is 22.8 Å². The predicted octanol–water partition coefficient (Wildman–Crippen LogP) is 2.81. The molecule has 0 saturated carbocycles. The van der Waals surface area contributed by atoms with Crippen molar-refractivity contribution >= 4 is 17.5 Å². The predicted molar refractivity (Wildman–Crippen MR) is 91.7 cm³/mol. The molecule has 2 aliphatic rings. The van der Waals surface area contributed by atoms with Crippen molar-refractivity contribution in [2.75, 3.05) is 11.5 Å². The third-order valence-corrected chi connectivity index (χ3v) is 4.35. The van der Waals surface area contributed by atoms with E-state index in [1.807, 2.05) is 6.92 Å². The van der Waals surface area contributed by atoms with Crippen molar-refractivity contribution in [1.82, 2.24) is 10.6 Å². The van der Waals surface area contributed by atoms with Crippen LogP contribution in [0.15, 0.2) is 35.7 Å². The van der Waals surface area contributed by atoms with Crippen LogP contribution >= 0.6 is 0 Å². The Hall–Kier alpha value is -2.71. The van der Waals surface area contributed by atoms with Crippen molar-refractivity contribution in [3.63, 3.8) is 0 Å². The average Bonchev–Trinajstić information content (AvgIpc) is 2.60. The SMILES string of the molecule is CCC[C@H]1NC2=C(CCC(=O)N2)C(=O)N1c1ccc(OCC(F)(F)F)cc1. The second-order valence-corrected chi connectivity index (χ2v) is 6.42. The van der Waals surface area contributed by atoms with E-state index in [2.05, 4.69) is 10.6 Å². The van der Waals surface area contributed by atoms with Gasteiger partial charge in [-0.15, -0.1) is 0 Å². The van der Waals surface area contributed by atoms with Crippen molar-refractivity contribution in [3.05, 3.63) is 35.7 Å². The van der Waals surface area contributed by atoms with Crippen molar-refractivity contribution < 1.29 is 27.5 Å². The number of ether oxygens (including phenoxy) is 1. The van der Waals surface area contributed by atoms with Gasteiger partial charge in [-0.25, -0.2) is 0 Å². The molecular weight excluding hydrogens is 363 g/mol. The summed E-state index contributed by atoms with van der Waals surface area (Å²) in [4.78, 5) is 26.2. The van der Waals surface area contributed by atoms with Crippen LogP contribution < -0.4 is 20.3 Å². The fraction of sp³-hybridized carbons (Fsp3) is 0.444. The largest absolute Gasteiger partial charge is 0.484 e. The lowest BCUT2D eigenvalue weighted by Crippen LogP contribution is -2.57. The molecular formula is C18H20F3N3O3. The lowest BCUT2D eigenvalue weighted by atomic mass is 10.0. The number of amides is 2. The van der Waals surface area contributed by atoms with Crippen LogP contribution in [0.4, 0.5) is 18.9 Å². The molecule has 0 bridgehead atoms. The molecule has 0 spiro atoms. The Kier molecular flexibility index (Phi) is 5.29. The fourth-order valence-electron chi connectivity index (χ4n) is 3.14. The van der Waals surface area contributed by atoms with Gasteiger partial charge in [0.15, 0.2) is 6.61 Å². The first-order chi connectivity index (χ1) is 12.8. The third-order valence-electron chi connectivity index (χ3n) is 4.35. The number of alkyl halides is 3. The number of benzene rings is 1. The Morgan fingerprint density at radius 3 is 2.52 bits per heavy atom. The topological polar surface area (TPSA) is 70.7 Å². The molecule has 0 radical (unpaired) electrons. The van der Waals surface area contributed by atoms with Crippen LogP contribution in [0.25, 0.3) is 0 Å². The van der Waals surface area contributed by atoms with Crippen molar-refractivity contribution in [2.45, 2.75) is 44.9 Å². The summed E-state index contributed by atoms with van der Waals surface area (Å²) < 4.78 is 41.5. The molecule has 1 atom stereocenters. The van der Waals surface area contributed by atoms with Gasteiger partial charge in [-0.2, -0.15) is 13.2 Å². The van der Waals surface area contributed by atoms with Gasteiger partial charge in [0.05, 0.1) is 5.57 Å². The van der Waals surface area contributed by atoms with Gasteiger partial charge in [0.25, 0.3) is 5.91 Å². The third kappa shape index (κ3) is 4.35. The molecule has 146 valence electrons. The Morgan fingerprint density at radius 2 is 1.89 bits per heavy atom. The summed E-state index contributed by atoms with van der Waals surface area (Å²) >= 11 is 0. The molecule has 2 N–H and O–H groups in total. The highest BCUT2D eigenvalue weighted by Gasteiger charge is 2.37. The summed E-state index contributed by atoms with van der Waals surface area (Å²) in [7, 11) is 0. The van der Waals surface area contributed by atoms with Gasteiger partial charge >= 0.3 is 6.18 Å². The van der Waals surface area contributed by atoms with E-state index in [-0.39, 0.29) is 30.2 Å². The Morgan fingerprint density at radius 1 is 1.19 bits per heavy atom. The summed E-state index contributed by atoms with van der Waals surface area (Å²) in [6.07, 6.45) is -2.75. The molecule has 0 unspecified atom stereocenters. The molecule has 0 aliphatic carbocycles. The minimum atomic E-state index is -4.41. The number of hydrogen-bond acceptors (Lipinski definition) is 4. The molecule has 1 aromatic carbocycles. The van der Waals surface area contributed by atoms with Crippen LogP contribution in [0.5, 0.6) is 5.75 Å². The summed E-state index contributed by atoms with van der Waals surface area (Å²) in [5.74, 6) is 0.177. The van der Waals surface area contributed by atoms with Crippen molar-refractivity contribution in [1.29, 1.82) is 0 Å². The number of carbonyl (C=O) groups is 2. The van der Waals surface area contributed by atoms with Crippen molar-refractivity contribution in [2.24, 2.45) is 0 Å². The maximum atomic E-state index is 13.0. The zero-order valence-electron chi connectivity index (χ0n) is 14.7. The van der Waals surface area contributed by atoms with Gasteiger partial charge in [-0.05, 0) is 37.1 Å². The molecule has 2 heterocycles. The van der Waals surface area contributed by atoms with Gasteiger partial charge in [-0.3, -0.25) is 14.5 Å². The highest BCUT2D eigenvalue weighted by Crippen LogP contribution is 2.30. The first-order valence-corrected chi connectivity index (χ1v) is 8.71. The van der Waals surface area contributed by atoms with Crippen LogP contribution in [0.1, 0.15) is 32.6 Å². The molecule has 2 aliphatic heterocycles. The van der Waals surface area contributed by atoms with Gasteiger partial charge in [0, 0.05) is 12.1 Å². The van der Waals surface area contributed by atoms with E-state index in [1.54, 1.807) is 17.0 Å². The first kappa shape index (κ1) is 19.1. The van der Waals surface area contributed by atoms with Crippen molar-refractivity contribution in [3.8, 4) is 5.75 Å². The number of rotatable bonds is 5. The number of halogens is 3. The van der Waals surface area contributed by atoms with Crippen LogP contribution in [0.2, 0.25) is 0 Å². The van der Waals surface area contributed by atoms with Gasteiger partial charge in [-0.1, -0.05) is 13.3 Å². The molecule has 0 aromatic heterocycles. The monoisotopic (exact) mass is 383 g/mol. The maximum absolute atomic E-state index is 13.0. The number of anilines is 1. The maximum Gasteiger partial charge on any atom is 0.422 e. The molecule has 0 saturated heterocycles. The molecule has 1 aromatic rings. The number of nitrogens with one attached hydrogen (secondary N) is 2. The standard InChI is InChI=1S/C18H20F3N3O3/c1-2-3-14-22-16-13(8-9-15(25)23-16)17(26)24(14)11-4-6-12(7-5-11)27-10-18(19,20)21/h4-7,14,22H,2-3,8-10H2,1H3,(H,23,25)/t14-/m0/s1. The first-order valence-electron chi connectivity index (χ1n) is 8.71. The van der Waals surface area contributed by atoms with Crippen LogP contribution in [0.3, 0.4) is 0 Å². The fourth-order valence-corrected chi connectivity index (χ4v) is 3.14. The highest BCUT2D eigenvalue weighted by atomic mass is 19.4.